The fraction of sp³-hybridized carbons (Fsp3) is 0.565. The Hall–Kier alpha value is -1.77. The van der Waals surface area contributed by atoms with E-state index in [1.165, 1.54) is 43.6 Å². The summed E-state index contributed by atoms with van der Waals surface area (Å²) in [5.41, 5.74) is 2.56. The lowest BCUT2D eigenvalue weighted by atomic mass is 9.94. The third-order valence-corrected chi connectivity index (χ3v) is 5.34. The van der Waals surface area contributed by atoms with Crippen LogP contribution in [0.25, 0.3) is 0 Å². The van der Waals surface area contributed by atoms with E-state index in [9.17, 15) is 0 Å². The number of guanidine groups is 1. The average Bonchev–Trinajstić information content (AvgIpc) is 3.19. The zero-order chi connectivity index (χ0) is 20.9. The van der Waals surface area contributed by atoms with Crippen molar-refractivity contribution >= 4 is 35.6 Å². The molecule has 0 bridgehead atoms. The molecule has 0 saturated carbocycles. The first-order valence-corrected chi connectivity index (χ1v) is 10.6. The number of rotatable bonds is 5. The Bertz CT molecular complexity index is 804. The van der Waals surface area contributed by atoms with E-state index < -0.39 is 0 Å². The van der Waals surface area contributed by atoms with Crippen molar-refractivity contribution in [2.24, 2.45) is 4.99 Å². The number of hydrogen-bond acceptors (Lipinski definition) is 4. The van der Waals surface area contributed by atoms with Gasteiger partial charge in [0, 0.05) is 44.8 Å². The number of aliphatic imine (C=N–C) groups is 1. The van der Waals surface area contributed by atoms with Gasteiger partial charge < -0.3 is 19.5 Å². The standard InChI is InChI=1S/C23H35N5O.HI/c1-23(2,3)20-15-25-21(29-20)16-26-22(24-4)27(5)17-18-9-11-19(12-10-18)28-13-7-6-8-14-28;/h9-12,15H,6-8,13-14,16-17H2,1-5H3,(H,24,26);1H. The number of benzene rings is 1. The van der Waals surface area contributed by atoms with Gasteiger partial charge in [-0.15, -0.1) is 24.0 Å². The van der Waals surface area contributed by atoms with Crippen molar-refractivity contribution < 1.29 is 4.42 Å². The number of piperidine rings is 1. The van der Waals surface area contributed by atoms with E-state index in [4.69, 9.17) is 4.42 Å². The molecule has 2 aromatic rings. The van der Waals surface area contributed by atoms with Crippen molar-refractivity contribution in [1.82, 2.24) is 15.2 Å². The molecule has 1 N–H and O–H groups in total. The molecule has 1 saturated heterocycles. The Balaban J connectivity index is 0.00000320. The molecule has 3 rings (SSSR count). The van der Waals surface area contributed by atoms with E-state index in [-0.39, 0.29) is 29.4 Å². The SMILES string of the molecule is CN=C(NCc1ncc(C(C)(C)C)o1)N(C)Cc1ccc(N2CCCCC2)cc1.I. The number of nitrogens with zero attached hydrogens (tertiary/aromatic N) is 4. The van der Waals surface area contributed by atoms with Gasteiger partial charge in [-0.05, 0) is 37.0 Å². The van der Waals surface area contributed by atoms with E-state index in [0.29, 0.717) is 12.4 Å². The van der Waals surface area contributed by atoms with Crippen LogP contribution in [-0.4, -0.2) is 43.0 Å². The molecule has 0 amide bonds. The molecule has 1 aromatic heterocycles. The van der Waals surface area contributed by atoms with Gasteiger partial charge in [0.05, 0.1) is 12.7 Å². The Morgan fingerprint density at radius 3 is 2.40 bits per heavy atom. The first kappa shape index (κ1) is 24.5. The topological polar surface area (TPSA) is 56.9 Å². The zero-order valence-electron chi connectivity index (χ0n) is 18.9. The van der Waals surface area contributed by atoms with Crippen LogP contribution in [0.2, 0.25) is 0 Å². The molecule has 0 unspecified atom stereocenters. The Morgan fingerprint density at radius 1 is 1.17 bits per heavy atom. The van der Waals surface area contributed by atoms with Crippen molar-refractivity contribution in [1.29, 1.82) is 0 Å². The highest BCUT2D eigenvalue weighted by Gasteiger charge is 2.19. The van der Waals surface area contributed by atoms with Gasteiger partial charge in [-0.1, -0.05) is 32.9 Å². The maximum absolute atomic E-state index is 5.86. The number of aromatic nitrogens is 1. The highest BCUT2D eigenvalue weighted by molar-refractivity contribution is 14.0. The van der Waals surface area contributed by atoms with Gasteiger partial charge in [0.2, 0.25) is 5.89 Å². The minimum atomic E-state index is -0.0376. The van der Waals surface area contributed by atoms with Gasteiger partial charge in [-0.2, -0.15) is 0 Å². The van der Waals surface area contributed by atoms with Gasteiger partial charge in [0.1, 0.15) is 5.76 Å². The van der Waals surface area contributed by atoms with Crippen LogP contribution >= 0.6 is 24.0 Å². The Kier molecular flexibility index (Phi) is 9.00. The van der Waals surface area contributed by atoms with E-state index in [1.807, 2.05) is 13.2 Å². The van der Waals surface area contributed by atoms with E-state index >= 15 is 0 Å². The van der Waals surface area contributed by atoms with Crippen LogP contribution in [-0.2, 0) is 18.5 Å². The number of hydrogen-bond donors (Lipinski definition) is 1. The lowest BCUT2D eigenvalue weighted by Crippen LogP contribution is -2.38. The maximum atomic E-state index is 5.86. The molecule has 1 aliphatic rings. The van der Waals surface area contributed by atoms with Crippen LogP contribution < -0.4 is 10.2 Å². The third-order valence-electron chi connectivity index (χ3n) is 5.34. The lowest BCUT2D eigenvalue weighted by molar-refractivity contribution is 0.376. The first-order chi connectivity index (χ1) is 13.9. The Labute approximate surface area is 198 Å². The summed E-state index contributed by atoms with van der Waals surface area (Å²) in [6.45, 7) is 10.0. The van der Waals surface area contributed by atoms with Gasteiger partial charge in [0.25, 0.3) is 0 Å². The fourth-order valence-corrected chi connectivity index (χ4v) is 3.59. The highest BCUT2D eigenvalue weighted by Crippen LogP contribution is 2.23. The summed E-state index contributed by atoms with van der Waals surface area (Å²) >= 11 is 0. The van der Waals surface area contributed by atoms with Crippen LogP contribution in [0.1, 0.15) is 57.2 Å². The van der Waals surface area contributed by atoms with Crippen LogP contribution in [0, 0.1) is 0 Å². The van der Waals surface area contributed by atoms with Crippen LogP contribution in [0.4, 0.5) is 5.69 Å². The molecule has 1 aromatic carbocycles. The summed E-state index contributed by atoms with van der Waals surface area (Å²) in [6.07, 6.45) is 5.77. The molecule has 0 aliphatic carbocycles. The Morgan fingerprint density at radius 2 is 1.83 bits per heavy atom. The van der Waals surface area contributed by atoms with Crippen LogP contribution in [0.5, 0.6) is 0 Å². The van der Waals surface area contributed by atoms with Crippen LogP contribution in [0.15, 0.2) is 39.9 Å². The average molecular weight is 525 g/mol. The van der Waals surface area contributed by atoms with E-state index in [2.05, 4.69) is 70.1 Å². The number of nitrogens with one attached hydrogen (secondary N) is 1. The van der Waals surface area contributed by atoms with E-state index in [1.54, 1.807) is 7.05 Å². The number of halogens is 1. The first-order valence-electron chi connectivity index (χ1n) is 10.6. The molecule has 0 atom stereocenters. The molecule has 0 spiro atoms. The van der Waals surface area contributed by atoms with Crippen LogP contribution in [0.3, 0.4) is 0 Å². The molecule has 2 heterocycles. The summed E-state index contributed by atoms with van der Waals surface area (Å²) in [7, 11) is 3.85. The minimum absolute atomic E-state index is 0. The minimum Gasteiger partial charge on any atom is -0.443 e. The van der Waals surface area contributed by atoms with Gasteiger partial charge in [0.15, 0.2) is 5.96 Å². The second-order valence-electron chi connectivity index (χ2n) is 8.84. The lowest BCUT2D eigenvalue weighted by Gasteiger charge is -2.29. The molecule has 166 valence electrons. The molecule has 6 nitrogen and oxygen atoms in total. The van der Waals surface area contributed by atoms with Gasteiger partial charge in [-0.3, -0.25) is 4.99 Å². The van der Waals surface area contributed by atoms with Crippen molar-refractivity contribution in [3.8, 4) is 0 Å². The monoisotopic (exact) mass is 525 g/mol. The normalized spacial score (nSPS) is 15.0. The summed E-state index contributed by atoms with van der Waals surface area (Å²) in [5.74, 6) is 2.39. The van der Waals surface area contributed by atoms with Gasteiger partial charge in [-0.25, -0.2) is 4.98 Å². The van der Waals surface area contributed by atoms with Crippen molar-refractivity contribution in [2.75, 3.05) is 32.1 Å². The van der Waals surface area contributed by atoms with Gasteiger partial charge >= 0.3 is 0 Å². The molecule has 1 fully saturated rings. The largest absolute Gasteiger partial charge is 0.443 e. The molecule has 7 heteroatoms. The molecule has 30 heavy (non-hydrogen) atoms. The third kappa shape index (κ3) is 6.62. The van der Waals surface area contributed by atoms with Crippen molar-refractivity contribution in [2.45, 2.75) is 58.5 Å². The summed E-state index contributed by atoms with van der Waals surface area (Å²) in [4.78, 5) is 13.4. The summed E-state index contributed by atoms with van der Waals surface area (Å²) in [6, 6.07) is 8.92. The van der Waals surface area contributed by atoms with E-state index in [0.717, 1.165) is 18.3 Å². The number of oxazole rings is 1. The predicted octanol–water partition coefficient (Wildman–Crippen LogP) is 4.79. The molecule has 1 aliphatic heterocycles. The predicted molar refractivity (Wildman–Crippen MR) is 135 cm³/mol. The number of anilines is 1. The second kappa shape index (κ2) is 11.0. The molecular formula is C23H36IN5O. The zero-order valence-corrected chi connectivity index (χ0v) is 21.3. The summed E-state index contributed by atoms with van der Waals surface area (Å²) < 4.78 is 5.86. The van der Waals surface area contributed by atoms with Crippen molar-refractivity contribution in [3.05, 3.63) is 47.7 Å². The second-order valence-corrected chi connectivity index (χ2v) is 8.84. The highest BCUT2D eigenvalue weighted by atomic mass is 127. The molecule has 0 radical (unpaired) electrons. The van der Waals surface area contributed by atoms with Crippen molar-refractivity contribution in [3.63, 3.8) is 0 Å². The summed E-state index contributed by atoms with van der Waals surface area (Å²) in [5, 5.41) is 3.35. The molecular weight excluding hydrogens is 489 g/mol. The fourth-order valence-electron chi connectivity index (χ4n) is 3.59. The quantitative estimate of drug-likeness (QED) is 0.346. The maximum Gasteiger partial charge on any atom is 0.213 e. The smallest absolute Gasteiger partial charge is 0.213 e.